The third kappa shape index (κ3) is 4.49. The zero-order valence-corrected chi connectivity index (χ0v) is 10.7. The third-order valence-corrected chi connectivity index (χ3v) is 4.37. The Balaban J connectivity index is 2.42. The van der Waals surface area contributed by atoms with Crippen LogP contribution < -0.4 is 10.0 Å². The Morgan fingerprint density at radius 1 is 1.40 bits per heavy atom. The Hall–Kier alpha value is -0.130. The summed E-state index contributed by atoms with van der Waals surface area (Å²) >= 11 is 0. The summed E-state index contributed by atoms with van der Waals surface area (Å²) in [7, 11) is -1.33. The lowest BCUT2D eigenvalue weighted by molar-refractivity contribution is 0.372. The van der Waals surface area contributed by atoms with Gasteiger partial charge in [0.15, 0.2) is 0 Å². The normalized spacial score (nSPS) is 25.7. The van der Waals surface area contributed by atoms with E-state index in [0.29, 0.717) is 6.54 Å². The SMILES string of the molecule is CNCCS(=O)(=O)NC1CCC(C)(C)C1. The molecule has 5 heteroatoms. The van der Waals surface area contributed by atoms with Crippen molar-refractivity contribution in [3.8, 4) is 0 Å². The Morgan fingerprint density at radius 2 is 2.07 bits per heavy atom. The van der Waals surface area contributed by atoms with Crippen LogP contribution in [-0.2, 0) is 10.0 Å². The van der Waals surface area contributed by atoms with Crippen LogP contribution in [0, 0.1) is 5.41 Å². The molecule has 0 aromatic rings. The molecule has 1 rings (SSSR count). The minimum absolute atomic E-state index is 0.141. The highest BCUT2D eigenvalue weighted by atomic mass is 32.2. The molecule has 2 N–H and O–H groups in total. The molecule has 1 unspecified atom stereocenters. The molecule has 0 heterocycles. The number of sulfonamides is 1. The quantitative estimate of drug-likeness (QED) is 0.736. The monoisotopic (exact) mass is 234 g/mol. The summed E-state index contributed by atoms with van der Waals surface area (Å²) in [5, 5.41) is 2.85. The smallest absolute Gasteiger partial charge is 0.213 e. The first-order valence-corrected chi connectivity index (χ1v) is 7.14. The average Bonchev–Trinajstić information content (AvgIpc) is 2.41. The second-order valence-corrected chi connectivity index (χ2v) is 7.02. The number of nitrogens with one attached hydrogen (secondary N) is 2. The van der Waals surface area contributed by atoms with Crippen LogP contribution in [0.2, 0.25) is 0 Å². The molecular weight excluding hydrogens is 212 g/mol. The van der Waals surface area contributed by atoms with E-state index in [1.165, 1.54) is 0 Å². The molecule has 1 aliphatic rings. The second kappa shape index (κ2) is 4.80. The Morgan fingerprint density at radius 3 is 2.53 bits per heavy atom. The van der Waals surface area contributed by atoms with Crippen LogP contribution in [-0.4, -0.2) is 33.8 Å². The average molecular weight is 234 g/mol. The third-order valence-electron chi connectivity index (χ3n) is 2.94. The van der Waals surface area contributed by atoms with Crippen molar-refractivity contribution in [3.63, 3.8) is 0 Å². The van der Waals surface area contributed by atoms with Gasteiger partial charge in [0.25, 0.3) is 0 Å². The van der Waals surface area contributed by atoms with Crippen molar-refractivity contribution in [2.24, 2.45) is 5.41 Å². The van der Waals surface area contributed by atoms with Gasteiger partial charge in [0, 0.05) is 12.6 Å². The summed E-state index contributed by atoms with van der Waals surface area (Å²) in [6.45, 7) is 4.88. The molecule has 1 saturated carbocycles. The molecule has 0 spiro atoms. The van der Waals surface area contributed by atoms with E-state index in [-0.39, 0.29) is 17.2 Å². The van der Waals surface area contributed by atoms with E-state index in [4.69, 9.17) is 0 Å². The molecule has 15 heavy (non-hydrogen) atoms. The van der Waals surface area contributed by atoms with E-state index in [0.717, 1.165) is 19.3 Å². The summed E-state index contributed by atoms with van der Waals surface area (Å²) in [6, 6.07) is 0.141. The molecule has 1 atom stereocenters. The number of rotatable bonds is 5. The molecule has 0 bridgehead atoms. The van der Waals surface area contributed by atoms with Crippen molar-refractivity contribution < 1.29 is 8.42 Å². The summed E-state index contributed by atoms with van der Waals surface area (Å²) in [5.41, 5.74) is 0.288. The van der Waals surface area contributed by atoms with Crippen LogP contribution in [0.4, 0.5) is 0 Å². The summed E-state index contributed by atoms with van der Waals surface area (Å²) in [5.74, 6) is 0.167. The molecule has 90 valence electrons. The lowest BCUT2D eigenvalue weighted by Gasteiger charge is -2.17. The van der Waals surface area contributed by atoms with Gasteiger partial charge in [-0.1, -0.05) is 13.8 Å². The van der Waals surface area contributed by atoms with Crippen molar-refractivity contribution in [1.29, 1.82) is 0 Å². The van der Waals surface area contributed by atoms with Gasteiger partial charge in [-0.05, 0) is 31.7 Å². The molecule has 0 aromatic heterocycles. The highest BCUT2D eigenvalue weighted by Crippen LogP contribution is 2.37. The lowest BCUT2D eigenvalue weighted by atomic mass is 9.92. The van der Waals surface area contributed by atoms with Gasteiger partial charge >= 0.3 is 0 Å². The van der Waals surface area contributed by atoms with Crippen LogP contribution in [0.15, 0.2) is 0 Å². The van der Waals surface area contributed by atoms with E-state index in [9.17, 15) is 8.42 Å². The fourth-order valence-electron chi connectivity index (χ4n) is 2.09. The Bertz CT molecular complexity index is 299. The largest absolute Gasteiger partial charge is 0.319 e. The second-order valence-electron chi connectivity index (χ2n) is 5.14. The summed E-state index contributed by atoms with van der Waals surface area (Å²) in [6.07, 6.45) is 3.02. The van der Waals surface area contributed by atoms with Crippen molar-refractivity contribution in [3.05, 3.63) is 0 Å². The van der Waals surface area contributed by atoms with E-state index in [1.807, 2.05) is 0 Å². The van der Waals surface area contributed by atoms with Gasteiger partial charge in [-0.15, -0.1) is 0 Å². The maximum absolute atomic E-state index is 11.6. The lowest BCUT2D eigenvalue weighted by Crippen LogP contribution is -2.37. The molecular formula is C10H22N2O2S. The minimum Gasteiger partial charge on any atom is -0.319 e. The van der Waals surface area contributed by atoms with E-state index in [1.54, 1.807) is 7.05 Å². The Kier molecular flexibility index (Phi) is 4.14. The van der Waals surface area contributed by atoms with Crippen LogP contribution in [0.1, 0.15) is 33.1 Å². The summed E-state index contributed by atoms with van der Waals surface area (Å²) < 4.78 is 26.0. The molecule has 0 saturated heterocycles. The zero-order valence-electron chi connectivity index (χ0n) is 9.84. The highest BCUT2D eigenvalue weighted by molar-refractivity contribution is 7.89. The molecule has 4 nitrogen and oxygen atoms in total. The van der Waals surface area contributed by atoms with Gasteiger partial charge in [0.2, 0.25) is 10.0 Å². The highest BCUT2D eigenvalue weighted by Gasteiger charge is 2.32. The van der Waals surface area contributed by atoms with Crippen LogP contribution >= 0.6 is 0 Å². The van der Waals surface area contributed by atoms with E-state index < -0.39 is 10.0 Å². The molecule has 0 radical (unpaired) electrons. The van der Waals surface area contributed by atoms with Crippen molar-refractivity contribution >= 4 is 10.0 Å². The predicted octanol–water partition coefficient (Wildman–Crippen LogP) is 0.704. The van der Waals surface area contributed by atoms with Crippen LogP contribution in [0.25, 0.3) is 0 Å². The first-order valence-electron chi connectivity index (χ1n) is 5.49. The van der Waals surface area contributed by atoms with Gasteiger partial charge < -0.3 is 5.32 Å². The van der Waals surface area contributed by atoms with Gasteiger partial charge in [0.05, 0.1) is 5.75 Å². The Labute approximate surface area is 92.9 Å². The number of hydrogen-bond donors (Lipinski definition) is 2. The first kappa shape index (κ1) is 12.9. The molecule has 0 aromatic carbocycles. The summed E-state index contributed by atoms with van der Waals surface area (Å²) in [4.78, 5) is 0. The topological polar surface area (TPSA) is 58.2 Å². The predicted molar refractivity (Wildman–Crippen MR) is 62.3 cm³/mol. The van der Waals surface area contributed by atoms with Gasteiger partial charge in [-0.3, -0.25) is 0 Å². The van der Waals surface area contributed by atoms with Crippen molar-refractivity contribution in [2.75, 3.05) is 19.3 Å². The first-order chi connectivity index (χ1) is 6.85. The van der Waals surface area contributed by atoms with Crippen LogP contribution in [0.5, 0.6) is 0 Å². The van der Waals surface area contributed by atoms with Gasteiger partial charge in [0.1, 0.15) is 0 Å². The minimum atomic E-state index is -3.09. The molecule has 0 amide bonds. The fourth-order valence-corrected chi connectivity index (χ4v) is 3.39. The zero-order chi connectivity index (χ0) is 11.5. The van der Waals surface area contributed by atoms with Gasteiger partial charge in [-0.2, -0.15) is 0 Å². The maximum Gasteiger partial charge on any atom is 0.213 e. The molecule has 1 aliphatic carbocycles. The van der Waals surface area contributed by atoms with Crippen molar-refractivity contribution in [2.45, 2.75) is 39.2 Å². The van der Waals surface area contributed by atoms with E-state index in [2.05, 4.69) is 23.9 Å². The standard InChI is InChI=1S/C10H22N2O2S/c1-10(2)5-4-9(8-10)12-15(13,14)7-6-11-3/h9,11-12H,4-8H2,1-3H3. The van der Waals surface area contributed by atoms with E-state index >= 15 is 0 Å². The molecule has 1 fully saturated rings. The fraction of sp³-hybridized carbons (Fsp3) is 1.00. The van der Waals surface area contributed by atoms with Gasteiger partial charge in [-0.25, -0.2) is 13.1 Å². The molecule has 0 aliphatic heterocycles. The van der Waals surface area contributed by atoms with Crippen molar-refractivity contribution in [1.82, 2.24) is 10.0 Å². The number of hydrogen-bond acceptors (Lipinski definition) is 3. The van der Waals surface area contributed by atoms with Crippen LogP contribution in [0.3, 0.4) is 0 Å². The maximum atomic E-state index is 11.6.